The Bertz CT molecular complexity index is 485. The van der Waals surface area contributed by atoms with E-state index in [4.69, 9.17) is 5.11 Å². The Balaban J connectivity index is 1.59. The summed E-state index contributed by atoms with van der Waals surface area (Å²) in [5.41, 5.74) is 2.98. The van der Waals surface area contributed by atoms with Crippen molar-refractivity contribution in [2.24, 2.45) is 5.92 Å². The number of aliphatic carboxylic acids is 1. The Hall–Kier alpha value is -1.35. The average molecular weight is 259 g/mol. The van der Waals surface area contributed by atoms with E-state index in [1.165, 1.54) is 17.5 Å². The van der Waals surface area contributed by atoms with E-state index in [9.17, 15) is 4.79 Å². The van der Waals surface area contributed by atoms with Crippen LogP contribution in [0.4, 0.5) is 0 Å². The zero-order valence-corrected chi connectivity index (χ0v) is 11.4. The first kappa shape index (κ1) is 12.7. The molecule has 0 radical (unpaired) electrons. The fourth-order valence-corrected chi connectivity index (χ4v) is 3.52. The first-order chi connectivity index (χ1) is 9.15. The van der Waals surface area contributed by atoms with Crippen molar-refractivity contribution in [3.8, 4) is 0 Å². The Labute approximate surface area is 114 Å². The maximum Gasteiger partial charge on any atom is 0.306 e. The van der Waals surface area contributed by atoms with Gasteiger partial charge in [0.1, 0.15) is 0 Å². The van der Waals surface area contributed by atoms with Crippen molar-refractivity contribution >= 4 is 5.97 Å². The lowest BCUT2D eigenvalue weighted by Crippen LogP contribution is -2.45. The third-order valence-electron chi connectivity index (χ3n) is 4.78. The molecule has 1 fully saturated rings. The first-order valence-corrected chi connectivity index (χ1v) is 7.20. The van der Waals surface area contributed by atoms with Crippen LogP contribution in [0.25, 0.3) is 0 Å². The smallest absolute Gasteiger partial charge is 0.306 e. The van der Waals surface area contributed by atoms with Gasteiger partial charge in [0.25, 0.3) is 0 Å². The van der Waals surface area contributed by atoms with Crippen LogP contribution in [0.2, 0.25) is 0 Å². The van der Waals surface area contributed by atoms with Crippen molar-refractivity contribution in [3.63, 3.8) is 0 Å². The standard InChI is InChI=1S/C16H21NO2/c1-11-8-13(16(18)19)6-7-17(11)10-14-9-12-4-2-3-5-15(12)14/h2-5,11,13-14H,6-10H2,1H3,(H,18,19). The summed E-state index contributed by atoms with van der Waals surface area (Å²) in [6.07, 6.45) is 2.78. The molecule has 0 saturated carbocycles. The second-order valence-corrected chi connectivity index (χ2v) is 6.00. The van der Waals surface area contributed by atoms with Gasteiger partial charge < -0.3 is 5.11 Å². The van der Waals surface area contributed by atoms with Crippen LogP contribution >= 0.6 is 0 Å². The summed E-state index contributed by atoms with van der Waals surface area (Å²) in [4.78, 5) is 13.5. The Morgan fingerprint density at radius 1 is 1.42 bits per heavy atom. The van der Waals surface area contributed by atoms with Crippen molar-refractivity contribution < 1.29 is 9.90 Å². The Kier molecular flexibility index (Phi) is 3.31. The monoisotopic (exact) mass is 259 g/mol. The summed E-state index contributed by atoms with van der Waals surface area (Å²) in [6, 6.07) is 9.06. The number of hydrogen-bond acceptors (Lipinski definition) is 2. The quantitative estimate of drug-likeness (QED) is 0.906. The van der Waals surface area contributed by atoms with Gasteiger partial charge in [0.05, 0.1) is 5.92 Å². The molecule has 2 aliphatic rings. The maximum absolute atomic E-state index is 11.0. The summed E-state index contributed by atoms with van der Waals surface area (Å²) < 4.78 is 0. The maximum atomic E-state index is 11.0. The third-order valence-corrected chi connectivity index (χ3v) is 4.78. The van der Waals surface area contributed by atoms with Gasteiger partial charge in [0.2, 0.25) is 0 Å². The van der Waals surface area contributed by atoms with E-state index in [1.807, 2.05) is 0 Å². The molecule has 1 N–H and O–H groups in total. The van der Waals surface area contributed by atoms with Gasteiger partial charge in [-0.2, -0.15) is 0 Å². The molecule has 19 heavy (non-hydrogen) atoms. The number of nitrogens with zero attached hydrogens (tertiary/aromatic N) is 1. The fourth-order valence-electron chi connectivity index (χ4n) is 3.52. The van der Waals surface area contributed by atoms with Gasteiger partial charge in [-0.25, -0.2) is 0 Å². The minimum Gasteiger partial charge on any atom is -0.481 e. The van der Waals surface area contributed by atoms with E-state index in [-0.39, 0.29) is 5.92 Å². The molecule has 1 aliphatic heterocycles. The lowest BCUT2D eigenvalue weighted by atomic mass is 9.76. The summed E-state index contributed by atoms with van der Waals surface area (Å²) in [6.45, 7) is 4.18. The topological polar surface area (TPSA) is 40.5 Å². The van der Waals surface area contributed by atoms with Gasteiger partial charge in [-0.05, 0) is 43.9 Å². The van der Waals surface area contributed by atoms with Crippen molar-refractivity contribution in [2.75, 3.05) is 13.1 Å². The van der Waals surface area contributed by atoms with E-state index in [0.29, 0.717) is 12.0 Å². The molecule has 3 heteroatoms. The number of rotatable bonds is 3. The van der Waals surface area contributed by atoms with Gasteiger partial charge in [-0.1, -0.05) is 24.3 Å². The zero-order valence-electron chi connectivity index (χ0n) is 11.4. The zero-order chi connectivity index (χ0) is 13.4. The minimum atomic E-state index is -0.625. The molecule has 3 unspecified atom stereocenters. The predicted molar refractivity (Wildman–Crippen MR) is 74.3 cm³/mol. The van der Waals surface area contributed by atoms with Crippen LogP contribution in [-0.2, 0) is 11.2 Å². The van der Waals surface area contributed by atoms with E-state index >= 15 is 0 Å². The molecule has 102 valence electrons. The molecule has 1 aliphatic carbocycles. The summed E-state index contributed by atoms with van der Waals surface area (Å²) in [7, 11) is 0. The van der Waals surface area contributed by atoms with Crippen LogP contribution in [0.3, 0.4) is 0 Å². The van der Waals surface area contributed by atoms with Gasteiger partial charge in [0.15, 0.2) is 0 Å². The molecule has 0 bridgehead atoms. The molecule has 1 heterocycles. The normalized spacial score (nSPS) is 30.5. The highest BCUT2D eigenvalue weighted by molar-refractivity contribution is 5.70. The number of benzene rings is 1. The molecule has 1 aromatic carbocycles. The lowest BCUT2D eigenvalue weighted by Gasteiger charge is -2.41. The van der Waals surface area contributed by atoms with Gasteiger partial charge in [-0.3, -0.25) is 9.69 Å². The highest BCUT2D eigenvalue weighted by atomic mass is 16.4. The molecule has 0 aromatic heterocycles. The van der Waals surface area contributed by atoms with Gasteiger partial charge >= 0.3 is 5.97 Å². The van der Waals surface area contributed by atoms with Crippen molar-refractivity contribution in [1.29, 1.82) is 0 Å². The third kappa shape index (κ3) is 2.39. The molecule has 0 amide bonds. The molecular weight excluding hydrogens is 238 g/mol. The number of piperidine rings is 1. The SMILES string of the molecule is CC1CC(C(=O)O)CCN1CC1Cc2ccccc21. The highest BCUT2D eigenvalue weighted by Crippen LogP contribution is 2.36. The van der Waals surface area contributed by atoms with Crippen LogP contribution in [0, 0.1) is 5.92 Å². The van der Waals surface area contributed by atoms with E-state index in [2.05, 4.69) is 36.1 Å². The van der Waals surface area contributed by atoms with Crippen LogP contribution in [-0.4, -0.2) is 35.1 Å². The number of likely N-dealkylation sites (tertiary alicyclic amines) is 1. The number of carboxylic acids is 1. The van der Waals surface area contributed by atoms with Gasteiger partial charge in [0, 0.05) is 18.5 Å². The van der Waals surface area contributed by atoms with Crippen molar-refractivity contribution in [1.82, 2.24) is 4.90 Å². The number of carboxylic acid groups (broad SMARTS) is 1. The molecule has 1 saturated heterocycles. The van der Waals surface area contributed by atoms with Gasteiger partial charge in [-0.15, -0.1) is 0 Å². The fraction of sp³-hybridized carbons (Fsp3) is 0.562. The van der Waals surface area contributed by atoms with Crippen LogP contribution in [0.1, 0.15) is 36.8 Å². The van der Waals surface area contributed by atoms with E-state index in [0.717, 1.165) is 25.9 Å². The minimum absolute atomic E-state index is 0.139. The second-order valence-electron chi connectivity index (χ2n) is 6.00. The van der Waals surface area contributed by atoms with E-state index < -0.39 is 5.97 Å². The second kappa shape index (κ2) is 4.97. The predicted octanol–water partition coefficient (Wildman–Crippen LogP) is 2.51. The van der Waals surface area contributed by atoms with Crippen LogP contribution in [0.5, 0.6) is 0 Å². The Morgan fingerprint density at radius 2 is 2.21 bits per heavy atom. The van der Waals surface area contributed by atoms with Crippen molar-refractivity contribution in [2.45, 2.75) is 38.1 Å². The van der Waals surface area contributed by atoms with Crippen LogP contribution in [0.15, 0.2) is 24.3 Å². The largest absolute Gasteiger partial charge is 0.481 e. The van der Waals surface area contributed by atoms with E-state index in [1.54, 1.807) is 0 Å². The first-order valence-electron chi connectivity index (χ1n) is 7.20. The average Bonchev–Trinajstić information content (AvgIpc) is 2.37. The molecule has 0 spiro atoms. The van der Waals surface area contributed by atoms with Crippen LogP contribution < -0.4 is 0 Å². The number of carbonyl (C=O) groups is 1. The molecule has 1 aromatic rings. The summed E-state index contributed by atoms with van der Waals surface area (Å²) in [5.74, 6) is -0.111. The number of fused-ring (bicyclic) bond motifs is 1. The molecular formula is C16H21NO2. The molecule has 3 rings (SSSR count). The molecule has 3 nitrogen and oxygen atoms in total. The summed E-state index contributed by atoms with van der Waals surface area (Å²) >= 11 is 0. The molecule has 3 atom stereocenters. The highest BCUT2D eigenvalue weighted by Gasteiger charge is 2.33. The van der Waals surface area contributed by atoms with Crippen molar-refractivity contribution in [3.05, 3.63) is 35.4 Å². The summed E-state index contributed by atoms with van der Waals surface area (Å²) in [5, 5.41) is 9.09. The lowest BCUT2D eigenvalue weighted by molar-refractivity contribution is -0.144. The Morgan fingerprint density at radius 3 is 2.89 bits per heavy atom. The number of hydrogen-bond donors (Lipinski definition) is 1.